The lowest BCUT2D eigenvalue weighted by atomic mass is 10.1. The molecule has 0 aromatic heterocycles. The first kappa shape index (κ1) is 13.4. The Labute approximate surface area is 97.2 Å². The number of aliphatic hydroxyl groups excluding tert-OH is 1. The molecule has 1 aliphatic rings. The smallest absolute Gasteiger partial charge is 0.241 e. The van der Waals surface area contributed by atoms with Crippen LogP contribution in [0.15, 0.2) is 0 Å². The summed E-state index contributed by atoms with van der Waals surface area (Å²) in [7, 11) is 0. The van der Waals surface area contributed by atoms with Gasteiger partial charge in [0, 0.05) is 31.7 Å². The molecule has 2 atom stereocenters. The monoisotopic (exact) mass is 229 g/mol. The highest BCUT2D eigenvalue weighted by molar-refractivity contribution is 5.82. The molecule has 5 nitrogen and oxygen atoms in total. The molecule has 1 aliphatic heterocycles. The Morgan fingerprint density at radius 3 is 2.56 bits per heavy atom. The first-order valence-electron chi connectivity index (χ1n) is 5.94. The van der Waals surface area contributed by atoms with Gasteiger partial charge in [0.15, 0.2) is 0 Å². The molecule has 3 N–H and O–H groups in total. The van der Waals surface area contributed by atoms with Crippen LogP contribution in [-0.2, 0) is 4.79 Å². The lowest BCUT2D eigenvalue weighted by Gasteiger charge is -2.34. The number of carbonyl (C=O) groups excluding carboxylic acids is 1. The van der Waals surface area contributed by atoms with Gasteiger partial charge in [0.2, 0.25) is 5.91 Å². The van der Waals surface area contributed by atoms with E-state index in [4.69, 9.17) is 5.11 Å². The minimum atomic E-state index is -0.162. The fourth-order valence-electron chi connectivity index (χ4n) is 1.89. The molecular weight excluding hydrogens is 206 g/mol. The van der Waals surface area contributed by atoms with Gasteiger partial charge in [-0.25, -0.2) is 0 Å². The van der Waals surface area contributed by atoms with E-state index in [1.54, 1.807) is 4.90 Å². The first-order valence-corrected chi connectivity index (χ1v) is 5.94. The molecule has 0 aliphatic carbocycles. The second-order valence-electron chi connectivity index (χ2n) is 4.62. The molecule has 1 heterocycles. The van der Waals surface area contributed by atoms with Gasteiger partial charge >= 0.3 is 0 Å². The third kappa shape index (κ3) is 3.43. The van der Waals surface area contributed by atoms with Crippen LogP contribution in [0.4, 0.5) is 0 Å². The van der Waals surface area contributed by atoms with Gasteiger partial charge in [-0.1, -0.05) is 0 Å². The molecule has 16 heavy (non-hydrogen) atoms. The largest absolute Gasteiger partial charge is 0.395 e. The predicted octanol–water partition coefficient (Wildman–Crippen LogP) is -0.834. The third-order valence-corrected chi connectivity index (χ3v) is 2.89. The molecule has 0 spiro atoms. The van der Waals surface area contributed by atoms with E-state index in [0.29, 0.717) is 19.1 Å². The molecule has 1 amide bonds. The van der Waals surface area contributed by atoms with Crippen molar-refractivity contribution in [1.29, 1.82) is 0 Å². The molecule has 1 rings (SSSR count). The Bertz CT molecular complexity index is 225. The molecule has 5 heteroatoms. The van der Waals surface area contributed by atoms with Gasteiger partial charge in [-0.3, -0.25) is 4.79 Å². The van der Waals surface area contributed by atoms with E-state index >= 15 is 0 Å². The number of aliphatic hydroxyl groups is 1. The average molecular weight is 229 g/mol. The summed E-state index contributed by atoms with van der Waals surface area (Å²) in [5, 5.41) is 15.4. The van der Waals surface area contributed by atoms with E-state index in [1.807, 2.05) is 13.8 Å². The zero-order chi connectivity index (χ0) is 12.1. The van der Waals surface area contributed by atoms with Crippen molar-refractivity contribution in [3.05, 3.63) is 0 Å². The van der Waals surface area contributed by atoms with Gasteiger partial charge in [-0.15, -0.1) is 0 Å². The lowest BCUT2D eigenvalue weighted by Crippen LogP contribution is -2.60. The molecular formula is C11H23N3O2. The van der Waals surface area contributed by atoms with Crippen LogP contribution in [-0.4, -0.2) is 60.3 Å². The zero-order valence-corrected chi connectivity index (χ0v) is 10.4. The fourth-order valence-corrected chi connectivity index (χ4v) is 1.89. The fraction of sp³-hybridized carbons (Fsp3) is 0.909. The summed E-state index contributed by atoms with van der Waals surface area (Å²) in [6.45, 7) is 7.90. The summed E-state index contributed by atoms with van der Waals surface area (Å²) in [6, 6.07) is 0.375. The quantitative estimate of drug-likeness (QED) is 0.588. The molecule has 0 aromatic carbocycles. The number of amides is 1. The van der Waals surface area contributed by atoms with Crippen LogP contribution in [0.25, 0.3) is 0 Å². The minimum absolute atomic E-state index is 0.0144. The van der Waals surface area contributed by atoms with E-state index in [9.17, 15) is 4.79 Å². The first-order chi connectivity index (χ1) is 7.56. The van der Waals surface area contributed by atoms with Crippen molar-refractivity contribution in [3.8, 4) is 0 Å². The van der Waals surface area contributed by atoms with Gasteiger partial charge in [0.05, 0.1) is 12.6 Å². The van der Waals surface area contributed by atoms with E-state index in [0.717, 1.165) is 6.54 Å². The van der Waals surface area contributed by atoms with Crippen molar-refractivity contribution in [2.75, 3.05) is 26.2 Å². The number of nitrogens with one attached hydrogen (secondary N) is 2. The number of carbonyl (C=O) groups is 1. The lowest BCUT2D eigenvalue weighted by molar-refractivity contribution is -0.136. The van der Waals surface area contributed by atoms with Gasteiger partial charge in [0.1, 0.15) is 0 Å². The van der Waals surface area contributed by atoms with Crippen molar-refractivity contribution in [2.24, 2.45) is 0 Å². The van der Waals surface area contributed by atoms with Crippen LogP contribution < -0.4 is 10.6 Å². The van der Waals surface area contributed by atoms with Crippen LogP contribution in [0.5, 0.6) is 0 Å². The highest BCUT2D eigenvalue weighted by Crippen LogP contribution is 2.04. The maximum Gasteiger partial charge on any atom is 0.241 e. The van der Waals surface area contributed by atoms with Crippen molar-refractivity contribution in [2.45, 2.75) is 38.9 Å². The Hall–Kier alpha value is -0.650. The summed E-state index contributed by atoms with van der Waals surface area (Å²) in [4.78, 5) is 13.9. The summed E-state index contributed by atoms with van der Waals surface area (Å²) < 4.78 is 0. The van der Waals surface area contributed by atoms with Crippen molar-refractivity contribution in [3.63, 3.8) is 0 Å². The molecule has 1 saturated heterocycles. The number of hydrogen-bond donors (Lipinski definition) is 3. The molecule has 0 saturated carbocycles. The Kier molecular flexibility index (Phi) is 5.18. The minimum Gasteiger partial charge on any atom is -0.395 e. The standard InChI is InChI=1S/C11H23N3O2/c1-8(2)14(4-5-15)11(16)10-7-12-9(3)6-13-10/h8-10,12-13,15H,4-7H2,1-3H3. The summed E-state index contributed by atoms with van der Waals surface area (Å²) in [5.74, 6) is 0.0726. The molecule has 0 aromatic rings. The summed E-state index contributed by atoms with van der Waals surface area (Å²) in [5.41, 5.74) is 0. The van der Waals surface area contributed by atoms with Crippen molar-refractivity contribution >= 4 is 5.91 Å². The zero-order valence-electron chi connectivity index (χ0n) is 10.4. The highest BCUT2D eigenvalue weighted by Gasteiger charge is 2.28. The number of nitrogens with zero attached hydrogens (tertiary/aromatic N) is 1. The topological polar surface area (TPSA) is 64.6 Å². The maximum atomic E-state index is 12.1. The summed E-state index contributed by atoms with van der Waals surface area (Å²) >= 11 is 0. The molecule has 1 fully saturated rings. The SMILES string of the molecule is CC1CNC(C(=O)N(CCO)C(C)C)CN1. The Morgan fingerprint density at radius 2 is 2.12 bits per heavy atom. The Balaban J connectivity index is 2.53. The van der Waals surface area contributed by atoms with Crippen molar-refractivity contribution in [1.82, 2.24) is 15.5 Å². The van der Waals surface area contributed by atoms with E-state index < -0.39 is 0 Å². The van der Waals surface area contributed by atoms with Crippen LogP contribution in [0.1, 0.15) is 20.8 Å². The normalized spacial score (nSPS) is 25.8. The average Bonchev–Trinajstić information content (AvgIpc) is 2.25. The van der Waals surface area contributed by atoms with Gasteiger partial charge in [-0.05, 0) is 20.8 Å². The van der Waals surface area contributed by atoms with E-state index in [2.05, 4.69) is 17.6 Å². The highest BCUT2D eigenvalue weighted by atomic mass is 16.3. The van der Waals surface area contributed by atoms with Crippen LogP contribution in [0.3, 0.4) is 0 Å². The van der Waals surface area contributed by atoms with Gasteiger partial charge in [0.25, 0.3) is 0 Å². The van der Waals surface area contributed by atoms with Crippen molar-refractivity contribution < 1.29 is 9.90 Å². The molecule has 94 valence electrons. The Morgan fingerprint density at radius 1 is 1.44 bits per heavy atom. The molecule has 2 unspecified atom stereocenters. The predicted molar refractivity (Wildman–Crippen MR) is 63.2 cm³/mol. The second-order valence-corrected chi connectivity index (χ2v) is 4.62. The van der Waals surface area contributed by atoms with E-state index in [1.165, 1.54) is 0 Å². The maximum absolute atomic E-state index is 12.1. The van der Waals surface area contributed by atoms with Crippen LogP contribution >= 0.6 is 0 Å². The molecule has 0 bridgehead atoms. The van der Waals surface area contributed by atoms with Crippen LogP contribution in [0.2, 0.25) is 0 Å². The number of piperazine rings is 1. The number of rotatable bonds is 4. The molecule has 0 radical (unpaired) electrons. The van der Waals surface area contributed by atoms with Crippen LogP contribution in [0, 0.1) is 0 Å². The summed E-state index contributed by atoms with van der Waals surface area (Å²) in [6.07, 6.45) is 0. The van der Waals surface area contributed by atoms with Gasteiger partial charge < -0.3 is 20.6 Å². The van der Waals surface area contributed by atoms with E-state index in [-0.39, 0.29) is 24.6 Å². The number of hydrogen-bond acceptors (Lipinski definition) is 4. The third-order valence-electron chi connectivity index (χ3n) is 2.89. The second kappa shape index (κ2) is 6.18. The van der Waals surface area contributed by atoms with Gasteiger partial charge in [-0.2, -0.15) is 0 Å².